The summed E-state index contributed by atoms with van der Waals surface area (Å²) in [5.74, 6) is 5.12. The Labute approximate surface area is 111 Å². The van der Waals surface area contributed by atoms with Gasteiger partial charge in [0.25, 0.3) is 5.91 Å². The summed E-state index contributed by atoms with van der Waals surface area (Å²) in [5.41, 5.74) is 1.06. The normalized spacial score (nSPS) is 18.0. The Balaban J connectivity index is 2.19. The summed E-state index contributed by atoms with van der Waals surface area (Å²) in [5, 5.41) is 17.9. The lowest BCUT2D eigenvalue weighted by Crippen LogP contribution is -2.37. The fourth-order valence-corrected chi connectivity index (χ4v) is 2.23. The monoisotopic (exact) mass is 260 g/mol. The van der Waals surface area contributed by atoms with E-state index in [9.17, 15) is 9.90 Å². The summed E-state index contributed by atoms with van der Waals surface area (Å²) >= 11 is 0. The van der Waals surface area contributed by atoms with Gasteiger partial charge in [-0.2, -0.15) is 0 Å². The van der Waals surface area contributed by atoms with Gasteiger partial charge in [-0.1, -0.05) is 11.8 Å². The fraction of sp³-hybridized carbons (Fsp3) is 0.429. The van der Waals surface area contributed by atoms with Crippen molar-refractivity contribution in [2.45, 2.75) is 18.9 Å². The lowest BCUT2D eigenvalue weighted by molar-refractivity contribution is 0.0677. The highest BCUT2D eigenvalue weighted by Crippen LogP contribution is 2.19. The van der Waals surface area contributed by atoms with Crippen molar-refractivity contribution in [3.8, 4) is 11.8 Å². The van der Waals surface area contributed by atoms with Gasteiger partial charge in [-0.15, -0.1) is 0 Å². The largest absolute Gasteiger partial charge is 0.394 e. The first kappa shape index (κ1) is 13.5. The van der Waals surface area contributed by atoms with E-state index in [1.807, 2.05) is 0 Å². The van der Waals surface area contributed by atoms with E-state index in [1.165, 1.54) is 6.20 Å². The molecular formula is C14H16N2O3. The number of likely N-dealkylation sites (tertiary alicyclic amines) is 1. The summed E-state index contributed by atoms with van der Waals surface area (Å²) in [7, 11) is 0. The predicted octanol–water partition coefficient (Wildman–Crippen LogP) is 0.0223. The van der Waals surface area contributed by atoms with Crippen molar-refractivity contribution in [3.05, 3.63) is 29.6 Å². The summed E-state index contributed by atoms with van der Waals surface area (Å²) in [6.45, 7) is 0.427. The van der Waals surface area contributed by atoms with Gasteiger partial charge in [0.1, 0.15) is 6.61 Å². The third-order valence-corrected chi connectivity index (χ3v) is 3.15. The lowest BCUT2D eigenvalue weighted by Gasteiger charge is -2.22. The summed E-state index contributed by atoms with van der Waals surface area (Å²) in [6.07, 6.45) is 4.79. The number of amides is 1. The highest BCUT2D eigenvalue weighted by atomic mass is 16.3. The number of aliphatic hydroxyl groups is 2. The van der Waals surface area contributed by atoms with E-state index in [0.29, 0.717) is 17.7 Å². The molecule has 0 radical (unpaired) electrons. The molecule has 1 atom stereocenters. The van der Waals surface area contributed by atoms with Crippen molar-refractivity contribution >= 4 is 5.91 Å². The molecule has 2 rings (SSSR count). The summed E-state index contributed by atoms with van der Waals surface area (Å²) in [4.78, 5) is 18.0. The minimum absolute atomic E-state index is 0.0107. The average Bonchev–Trinajstić information content (AvgIpc) is 2.93. The van der Waals surface area contributed by atoms with Crippen molar-refractivity contribution in [1.29, 1.82) is 0 Å². The van der Waals surface area contributed by atoms with Crippen LogP contribution in [-0.4, -0.2) is 51.8 Å². The number of rotatable bonds is 2. The number of aliphatic hydroxyl groups excluding tert-OH is 2. The quantitative estimate of drug-likeness (QED) is 0.735. The molecule has 0 aromatic carbocycles. The van der Waals surface area contributed by atoms with Gasteiger partial charge in [0.05, 0.1) is 18.2 Å². The standard InChI is InChI=1S/C14H16N2O3/c17-6-2-3-11-7-12(9-15-8-11)14(19)16-5-1-4-13(16)10-18/h7-9,13,17-18H,1,4-6,10H2. The molecule has 1 saturated heterocycles. The topological polar surface area (TPSA) is 73.7 Å². The highest BCUT2D eigenvalue weighted by molar-refractivity contribution is 5.94. The Morgan fingerprint density at radius 3 is 3.05 bits per heavy atom. The fourth-order valence-electron chi connectivity index (χ4n) is 2.23. The van der Waals surface area contributed by atoms with Crippen LogP contribution in [0, 0.1) is 11.8 Å². The predicted molar refractivity (Wildman–Crippen MR) is 69.3 cm³/mol. The van der Waals surface area contributed by atoms with Gasteiger partial charge >= 0.3 is 0 Å². The van der Waals surface area contributed by atoms with Gasteiger partial charge in [-0.25, -0.2) is 0 Å². The van der Waals surface area contributed by atoms with Crippen LogP contribution in [0.2, 0.25) is 0 Å². The van der Waals surface area contributed by atoms with Crippen molar-refractivity contribution < 1.29 is 15.0 Å². The van der Waals surface area contributed by atoms with Gasteiger partial charge in [-0.05, 0) is 18.9 Å². The maximum absolute atomic E-state index is 12.3. The maximum atomic E-state index is 12.3. The molecule has 19 heavy (non-hydrogen) atoms. The van der Waals surface area contributed by atoms with Crippen LogP contribution in [0.3, 0.4) is 0 Å². The second kappa shape index (κ2) is 6.32. The molecule has 5 nitrogen and oxygen atoms in total. The van der Waals surface area contributed by atoms with E-state index in [2.05, 4.69) is 16.8 Å². The van der Waals surface area contributed by atoms with E-state index in [-0.39, 0.29) is 25.2 Å². The first-order chi connectivity index (χ1) is 9.26. The number of hydrogen-bond donors (Lipinski definition) is 2. The molecule has 1 aromatic rings. The number of nitrogens with zero attached hydrogens (tertiary/aromatic N) is 2. The molecule has 1 aliphatic rings. The molecular weight excluding hydrogens is 244 g/mol. The minimum Gasteiger partial charge on any atom is -0.394 e. The molecule has 2 heterocycles. The number of hydrogen-bond acceptors (Lipinski definition) is 4. The van der Waals surface area contributed by atoms with E-state index in [0.717, 1.165) is 12.8 Å². The van der Waals surface area contributed by atoms with E-state index >= 15 is 0 Å². The number of aromatic nitrogens is 1. The Kier molecular flexibility index (Phi) is 4.50. The van der Waals surface area contributed by atoms with Crippen LogP contribution in [0.1, 0.15) is 28.8 Å². The molecule has 1 amide bonds. The van der Waals surface area contributed by atoms with Crippen molar-refractivity contribution in [2.24, 2.45) is 0 Å². The maximum Gasteiger partial charge on any atom is 0.255 e. The average molecular weight is 260 g/mol. The van der Waals surface area contributed by atoms with Crippen LogP contribution in [0.5, 0.6) is 0 Å². The van der Waals surface area contributed by atoms with Crippen LogP contribution < -0.4 is 0 Å². The first-order valence-electron chi connectivity index (χ1n) is 6.23. The minimum atomic E-state index is -0.225. The van der Waals surface area contributed by atoms with Crippen molar-refractivity contribution in [3.63, 3.8) is 0 Å². The van der Waals surface area contributed by atoms with E-state index in [4.69, 9.17) is 5.11 Å². The zero-order chi connectivity index (χ0) is 13.7. The first-order valence-corrected chi connectivity index (χ1v) is 6.23. The zero-order valence-corrected chi connectivity index (χ0v) is 10.5. The molecule has 0 aliphatic carbocycles. The van der Waals surface area contributed by atoms with Gasteiger partial charge in [0.15, 0.2) is 0 Å². The molecule has 0 saturated carbocycles. The molecule has 1 aromatic heterocycles. The third-order valence-electron chi connectivity index (χ3n) is 3.15. The summed E-state index contributed by atoms with van der Waals surface area (Å²) in [6, 6.07) is 1.56. The molecule has 100 valence electrons. The van der Waals surface area contributed by atoms with E-state index in [1.54, 1.807) is 17.2 Å². The molecule has 0 bridgehead atoms. The van der Waals surface area contributed by atoms with Crippen molar-refractivity contribution in [2.75, 3.05) is 19.8 Å². The highest BCUT2D eigenvalue weighted by Gasteiger charge is 2.28. The second-order valence-electron chi connectivity index (χ2n) is 4.40. The van der Waals surface area contributed by atoms with Crippen LogP contribution >= 0.6 is 0 Å². The second-order valence-corrected chi connectivity index (χ2v) is 4.40. The molecule has 1 aliphatic heterocycles. The Hall–Kier alpha value is -1.90. The van der Waals surface area contributed by atoms with Crippen LogP contribution in [0.15, 0.2) is 18.5 Å². The van der Waals surface area contributed by atoms with Crippen LogP contribution in [-0.2, 0) is 0 Å². The summed E-state index contributed by atoms with van der Waals surface area (Å²) < 4.78 is 0. The lowest BCUT2D eigenvalue weighted by atomic mass is 10.1. The number of carbonyl (C=O) groups excluding carboxylic acids is 1. The van der Waals surface area contributed by atoms with Gasteiger partial charge < -0.3 is 15.1 Å². The third kappa shape index (κ3) is 3.11. The number of carbonyl (C=O) groups is 1. The molecule has 1 unspecified atom stereocenters. The van der Waals surface area contributed by atoms with Crippen molar-refractivity contribution in [1.82, 2.24) is 9.88 Å². The van der Waals surface area contributed by atoms with Gasteiger partial charge in [0.2, 0.25) is 0 Å². The van der Waals surface area contributed by atoms with E-state index < -0.39 is 0 Å². The van der Waals surface area contributed by atoms with Gasteiger partial charge in [0, 0.05) is 24.5 Å². The zero-order valence-electron chi connectivity index (χ0n) is 10.5. The van der Waals surface area contributed by atoms with Crippen LogP contribution in [0.4, 0.5) is 0 Å². The molecule has 1 fully saturated rings. The molecule has 2 N–H and O–H groups in total. The van der Waals surface area contributed by atoms with Crippen LogP contribution in [0.25, 0.3) is 0 Å². The Morgan fingerprint density at radius 1 is 1.47 bits per heavy atom. The SMILES string of the molecule is O=C(c1cncc(C#CCO)c1)N1CCCC1CO. The Bertz CT molecular complexity index is 519. The molecule has 5 heteroatoms. The number of pyridine rings is 1. The Morgan fingerprint density at radius 2 is 2.32 bits per heavy atom. The smallest absolute Gasteiger partial charge is 0.255 e. The van der Waals surface area contributed by atoms with Gasteiger partial charge in [-0.3, -0.25) is 9.78 Å². The molecule has 0 spiro atoms.